The van der Waals surface area contributed by atoms with Gasteiger partial charge in [-0.3, -0.25) is 4.68 Å². The van der Waals surface area contributed by atoms with Gasteiger partial charge >= 0.3 is 6.61 Å². The van der Waals surface area contributed by atoms with Gasteiger partial charge in [0, 0.05) is 17.8 Å². The third-order valence-corrected chi connectivity index (χ3v) is 2.65. The number of hydrogen-bond donors (Lipinski definition) is 1. The number of halogens is 2. The van der Waals surface area contributed by atoms with Gasteiger partial charge in [-0.1, -0.05) is 12.1 Å². The van der Waals surface area contributed by atoms with E-state index in [9.17, 15) is 8.78 Å². The van der Waals surface area contributed by atoms with E-state index in [1.54, 1.807) is 29.1 Å². The van der Waals surface area contributed by atoms with Crippen molar-refractivity contribution in [2.24, 2.45) is 0 Å². The molecular formula is C13H15F2N3O. The number of rotatable bonds is 4. The standard InChI is InChI=1S/C13H15F2N3O/c1-8(2)18-7-10(16)12(17-18)9-5-3-4-6-11(9)19-13(14)15/h3-8,13H,16H2,1-2H3. The lowest BCUT2D eigenvalue weighted by Crippen LogP contribution is -2.04. The third kappa shape index (κ3) is 2.83. The SMILES string of the molecule is CC(C)n1cc(N)c(-c2ccccc2OC(F)F)n1. The van der Waals surface area contributed by atoms with E-state index in [0.29, 0.717) is 16.9 Å². The largest absolute Gasteiger partial charge is 0.434 e. The molecule has 2 aromatic rings. The van der Waals surface area contributed by atoms with Crippen molar-refractivity contribution in [3.8, 4) is 17.0 Å². The number of nitrogens with zero attached hydrogens (tertiary/aromatic N) is 2. The molecule has 0 saturated heterocycles. The Morgan fingerprint density at radius 2 is 1.95 bits per heavy atom. The first kappa shape index (κ1) is 13.3. The van der Waals surface area contributed by atoms with E-state index in [4.69, 9.17) is 5.73 Å². The third-order valence-electron chi connectivity index (χ3n) is 2.65. The molecule has 4 nitrogen and oxygen atoms in total. The maximum Gasteiger partial charge on any atom is 0.387 e. The second kappa shape index (κ2) is 5.26. The molecule has 102 valence electrons. The Kier molecular flexibility index (Phi) is 3.69. The number of para-hydroxylation sites is 1. The fourth-order valence-corrected chi connectivity index (χ4v) is 1.74. The highest BCUT2D eigenvalue weighted by Gasteiger charge is 2.16. The van der Waals surface area contributed by atoms with Crippen LogP contribution in [0.5, 0.6) is 5.75 Å². The fourth-order valence-electron chi connectivity index (χ4n) is 1.74. The molecule has 1 aromatic carbocycles. The van der Waals surface area contributed by atoms with Crippen molar-refractivity contribution >= 4 is 5.69 Å². The summed E-state index contributed by atoms with van der Waals surface area (Å²) >= 11 is 0. The van der Waals surface area contributed by atoms with Crippen LogP contribution in [0.3, 0.4) is 0 Å². The molecular weight excluding hydrogens is 252 g/mol. The average Bonchev–Trinajstić information content (AvgIpc) is 2.71. The smallest absolute Gasteiger partial charge is 0.387 e. The molecule has 0 fully saturated rings. The Labute approximate surface area is 109 Å². The van der Waals surface area contributed by atoms with Gasteiger partial charge < -0.3 is 10.5 Å². The molecule has 1 heterocycles. The monoisotopic (exact) mass is 267 g/mol. The normalized spacial score (nSPS) is 11.3. The van der Waals surface area contributed by atoms with Crippen LogP contribution in [-0.4, -0.2) is 16.4 Å². The summed E-state index contributed by atoms with van der Waals surface area (Å²) in [6.07, 6.45) is 1.68. The van der Waals surface area contributed by atoms with Crippen LogP contribution in [0.25, 0.3) is 11.3 Å². The molecule has 0 bridgehead atoms. The predicted molar refractivity (Wildman–Crippen MR) is 69.1 cm³/mol. The van der Waals surface area contributed by atoms with Crippen molar-refractivity contribution < 1.29 is 13.5 Å². The minimum atomic E-state index is -2.88. The van der Waals surface area contributed by atoms with Crippen molar-refractivity contribution in [1.82, 2.24) is 9.78 Å². The second-order valence-electron chi connectivity index (χ2n) is 4.38. The van der Waals surface area contributed by atoms with Crippen molar-refractivity contribution in [3.05, 3.63) is 30.5 Å². The van der Waals surface area contributed by atoms with Gasteiger partial charge in [0.15, 0.2) is 0 Å². The maximum absolute atomic E-state index is 12.4. The average molecular weight is 267 g/mol. The maximum atomic E-state index is 12.4. The molecule has 0 amide bonds. The first-order valence-corrected chi connectivity index (χ1v) is 5.88. The zero-order valence-electron chi connectivity index (χ0n) is 10.7. The molecule has 19 heavy (non-hydrogen) atoms. The molecule has 1 aromatic heterocycles. The highest BCUT2D eigenvalue weighted by molar-refractivity contribution is 5.76. The summed E-state index contributed by atoms with van der Waals surface area (Å²) in [6.45, 7) is 1.03. The molecule has 0 saturated carbocycles. The van der Waals surface area contributed by atoms with Gasteiger partial charge in [0.05, 0.1) is 5.69 Å². The van der Waals surface area contributed by atoms with Gasteiger partial charge in [-0.2, -0.15) is 13.9 Å². The summed E-state index contributed by atoms with van der Waals surface area (Å²) in [6, 6.07) is 6.61. The number of benzene rings is 1. The van der Waals surface area contributed by atoms with Crippen molar-refractivity contribution in [3.63, 3.8) is 0 Å². The first-order valence-electron chi connectivity index (χ1n) is 5.88. The number of anilines is 1. The molecule has 2 N–H and O–H groups in total. The molecule has 0 aliphatic carbocycles. The van der Waals surface area contributed by atoms with Crippen molar-refractivity contribution in [2.75, 3.05) is 5.73 Å². The van der Waals surface area contributed by atoms with Crippen molar-refractivity contribution in [2.45, 2.75) is 26.5 Å². The Morgan fingerprint density at radius 1 is 1.26 bits per heavy atom. The first-order chi connectivity index (χ1) is 8.99. The lowest BCUT2D eigenvalue weighted by molar-refractivity contribution is -0.0494. The Bertz CT molecular complexity index is 567. The number of aromatic nitrogens is 2. The molecule has 2 rings (SSSR count). The Balaban J connectivity index is 2.46. The van der Waals surface area contributed by atoms with E-state index in [1.807, 2.05) is 13.8 Å². The number of alkyl halides is 2. The van der Waals surface area contributed by atoms with Crippen molar-refractivity contribution in [1.29, 1.82) is 0 Å². The molecule has 0 aliphatic heterocycles. The number of ether oxygens (including phenoxy) is 1. The van der Waals surface area contributed by atoms with E-state index in [1.165, 1.54) is 6.07 Å². The van der Waals surface area contributed by atoms with Gasteiger partial charge in [0.25, 0.3) is 0 Å². The number of nitrogen functional groups attached to an aromatic ring is 1. The Hall–Kier alpha value is -2.11. The zero-order valence-corrected chi connectivity index (χ0v) is 10.7. The van der Waals surface area contributed by atoms with Gasteiger partial charge in [-0.25, -0.2) is 0 Å². The summed E-state index contributed by atoms with van der Waals surface area (Å²) in [4.78, 5) is 0. The highest BCUT2D eigenvalue weighted by Crippen LogP contribution is 2.33. The van der Waals surface area contributed by atoms with E-state index in [0.717, 1.165) is 0 Å². The van der Waals surface area contributed by atoms with E-state index in [-0.39, 0.29) is 11.8 Å². The quantitative estimate of drug-likeness (QED) is 0.924. The van der Waals surface area contributed by atoms with Crippen LogP contribution >= 0.6 is 0 Å². The highest BCUT2D eigenvalue weighted by atomic mass is 19.3. The molecule has 0 atom stereocenters. The van der Waals surface area contributed by atoms with E-state index in [2.05, 4.69) is 9.84 Å². The Morgan fingerprint density at radius 3 is 2.53 bits per heavy atom. The lowest BCUT2D eigenvalue weighted by atomic mass is 10.1. The predicted octanol–water partition coefficient (Wildman–Crippen LogP) is 3.31. The second-order valence-corrected chi connectivity index (χ2v) is 4.38. The van der Waals surface area contributed by atoms with Gasteiger partial charge in [0.2, 0.25) is 0 Å². The summed E-state index contributed by atoms with van der Waals surface area (Å²) in [5.74, 6) is 0.0678. The fraction of sp³-hybridized carbons (Fsp3) is 0.308. The van der Waals surface area contributed by atoms with Gasteiger partial charge in [0.1, 0.15) is 11.4 Å². The number of hydrogen-bond acceptors (Lipinski definition) is 3. The topological polar surface area (TPSA) is 53.1 Å². The summed E-state index contributed by atoms with van der Waals surface area (Å²) in [7, 11) is 0. The van der Waals surface area contributed by atoms with Crippen LogP contribution in [0.2, 0.25) is 0 Å². The molecule has 0 unspecified atom stereocenters. The van der Waals surface area contributed by atoms with Gasteiger partial charge in [-0.05, 0) is 26.0 Å². The van der Waals surface area contributed by atoms with Crippen LogP contribution in [0.4, 0.5) is 14.5 Å². The van der Waals surface area contributed by atoms with Crippen LogP contribution in [-0.2, 0) is 0 Å². The summed E-state index contributed by atoms with van der Waals surface area (Å²) < 4.78 is 30.9. The van der Waals surface area contributed by atoms with Crippen LogP contribution < -0.4 is 10.5 Å². The molecule has 0 radical (unpaired) electrons. The van der Waals surface area contributed by atoms with Crippen LogP contribution in [0.1, 0.15) is 19.9 Å². The van der Waals surface area contributed by atoms with E-state index >= 15 is 0 Å². The molecule has 0 aliphatic rings. The van der Waals surface area contributed by atoms with Gasteiger partial charge in [-0.15, -0.1) is 0 Å². The molecule has 6 heteroatoms. The van der Waals surface area contributed by atoms with Crippen LogP contribution in [0, 0.1) is 0 Å². The van der Waals surface area contributed by atoms with Crippen LogP contribution in [0.15, 0.2) is 30.5 Å². The number of nitrogens with two attached hydrogens (primary N) is 1. The summed E-state index contributed by atoms with van der Waals surface area (Å²) in [5, 5.41) is 4.31. The molecule has 0 spiro atoms. The minimum absolute atomic E-state index is 0.0678. The lowest BCUT2D eigenvalue weighted by Gasteiger charge is -2.09. The van der Waals surface area contributed by atoms with E-state index < -0.39 is 6.61 Å². The summed E-state index contributed by atoms with van der Waals surface area (Å²) in [5.41, 5.74) is 7.22. The zero-order chi connectivity index (χ0) is 14.0. The minimum Gasteiger partial charge on any atom is -0.434 e.